The summed E-state index contributed by atoms with van der Waals surface area (Å²) in [5.41, 5.74) is 5.35. The molecule has 0 radical (unpaired) electrons. The van der Waals surface area contributed by atoms with Crippen molar-refractivity contribution in [1.29, 1.82) is 0 Å². The Morgan fingerprint density at radius 3 is 2.70 bits per heavy atom. The summed E-state index contributed by atoms with van der Waals surface area (Å²) in [6.07, 6.45) is 1.42. The predicted octanol–water partition coefficient (Wildman–Crippen LogP) is -0.642. The van der Waals surface area contributed by atoms with Crippen LogP contribution in [0.15, 0.2) is 0 Å². The Labute approximate surface area is 121 Å². The van der Waals surface area contributed by atoms with Crippen molar-refractivity contribution < 1.29 is 13.2 Å². The van der Waals surface area contributed by atoms with Gasteiger partial charge in [-0.3, -0.25) is 4.79 Å². The highest BCUT2D eigenvalue weighted by Crippen LogP contribution is 2.21. The Morgan fingerprint density at radius 1 is 1.50 bits per heavy atom. The van der Waals surface area contributed by atoms with Crippen LogP contribution in [0.4, 0.5) is 0 Å². The molecule has 1 saturated heterocycles. The molecule has 118 valence electrons. The van der Waals surface area contributed by atoms with Gasteiger partial charge in [-0.1, -0.05) is 0 Å². The molecule has 1 aliphatic rings. The summed E-state index contributed by atoms with van der Waals surface area (Å²) in [6.45, 7) is 5.18. The number of rotatable bonds is 6. The molecule has 20 heavy (non-hydrogen) atoms. The van der Waals surface area contributed by atoms with E-state index in [1.54, 1.807) is 7.05 Å². The van der Waals surface area contributed by atoms with Gasteiger partial charge in [-0.15, -0.1) is 0 Å². The molecule has 0 aromatic heterocycles. The number of nitrogens with one attached hydrogen (secondary N) is 1. The van der Waals surface area contributed by atoms with E-state index in [4.69, 9.17) is 5.73 Å². The van der Waals surface area contributed by atoms with E-state index in [0.29, 0.717) is 32.5 Å². The maximum atomic E-state index is 12.4. The maximum Gasteiger partial charge on any atom is 0.281 e. The zero-order valence-corrected chi connectivity index (χ0v) is 13.3. The van der Waals surface area contributed by atoms with E-state index >= 15 is 0 Å². The van der Waals surface area contributed by atoms with E-state index in [0.717, 1.165) is 0 Å². The number of nitrogens with zero attached hydrogens (tertiary/aromatic N) is 2. The number of piperidine rings is 1. The Hall–Kier alpha value is -0.700. The molecule has 1 heterocycles. The normalized spacial score (nSPS) is 21.4. The Kier molecular flexibility index (Phi) is 6.38. The Bertz CT molecular complexity index is 424. The van der Waals surface area contributed by atoms with Crippen LogP contribution >= 0.6 is 0 Å². The molecule has 1 amide bonds. The van der Waals surface area contributed by atoms with Gasteiger partial charge in [0.1, 0.15) is 0 Å². The maximum absolute atomic E-state index is 12.4. The molecule has 0 saturated carbocycles. The van der Waals surface area contributed by atoms with Gasteiger partial charge >= 0.3 is 0 Å². The summed E-state index contributed by atoms with van der Waals surface area (Å²) in [5.74, 6) is -0.395. The molecule has 0 bridgehead atoms. The van der Waals surface area contributed by atoms with Gasteiger partial charge in [-0.25, -0.2) is 0 Å². The lowest BCUT2D eigenvalue weighted by Gasteiger charge is -2.35. The van der Waals surface area contributed by atoms with Crippen LogP contribution < -0.4 is 11.1 Å². The molecule has 0 aromatic carbocycles. The molecule has 1 atom stereocenters. The van der Waals surface area contributed by atoms with Crippen molar-refractivity contribution in [1.82, 2.24) is 13.9 Å². The van der Waals surface area contributed by atoms with Gasteiger partial charge in [0, 0.05) is 39.3 Å². The van der Waals surface area contributed by atoms with E-state index in [1.807, 2.05) is 13.8 Å². The van der Waals surface area contributed by atoms with Crippen LogP contribution in [0.2, 0.25) is 0 Å². The Balaban J connectivity index is 2.71. The minimum absolute atomic E-state index is 0.105. The van der Waals surface area contributed by atoms with Crippen molar-refractivity contribution in [3.05, 3.63) is 0 Å². The molecule has 1 unspecified atom stereocenters. The summed E-state index contributed by atoms with van der Waals surface area (Å²) in [7, 11) is -1.92. The van der Waals surface area contributed by atoms with Crippen LogP contribution in [-0.4, -0.2) is 62.2 Å². The first-order valence-electron chi connectivity index (χ1n) is 7.01. The van der Waals surface area contributed by atoms with Crippen LogP contribution in [0.1, 0.15) is 26.7 Å². The average Bonchev–Trinajstić information content (AvgIpc) is 2.43. The fourth-order valence-electron chi connectivity index (χ4n) is 2.15. The fourth-order valence-corrected chi connectivity index (χ4v) is 3.78. The lowest BCUT2D eigenvalue weighted by Crippen LogP contribution is -2.51. The molecule has 1 rings (SSSR count). The highest BCUT2D eigenvalue weighted by atomic mass is 32.2. The lowest BCUT2D eigenvalue weighted by atomic mass is 9.99. The average molecular weight is 306 g/mol. The van der Waals surface area contributed by atoms with Crippen LogP contribution in [-0.2, 0) is 15.0 Å². The molecule has 7 nitrogen and oxygen atoms in total. The van der Waals surface area contributed by atoms with Gasteiger partial charge < -0.3 is 11.1 Å². The van der Waals surface area contributed by atoms with Crippen molar-refractivity contribution in [2.24, 2.45) is 11.7 Å². The third kappa shape index (κ3) is 4.15. The summed E-state index contributed by atoms with van der Waals surface area (Å²) in [6, 6.07) is -0.105. The largest absolute Gasteiger partial charge is 0.355 e. The van der Waals surface area contributed by atoms with Crippen molar-refractivity contribution in [2.45, 2.75) is 32.7 Å². The van der Waals surface area contributed by atoms with Gasteiger partial charge in [-0.05, 0) is 26.7 Å². The molecular weight excluding hydrogens is 280 g/mol. The molecule has 3 N–H and O–H groups in total. The first kappa shape index (κ1) is 17.4. The third-order valence-corrected chi connectivity index (χ3v) is 5.75. The van der Waals surface area contributed by atoms with Crippen LogP contribution in [0.3, 0.4) is 0 Å². The second-order valence-electron chi connectivity index (χ2n) is 5.39. The molecule has 1 aliphatic heterocycles. The minimum Gasteiger partial charge on any atom is -0.355 e. The van der Waals surface area contributed by atoms with Crippen LogP contribution in [0.5, 0.6) is 0 Å². The minimum atomic E-state index is -3.49. The summed E-state index contributed by atoms with van der Waals surface area (Å²) < 4.78 is 27.6. The highest BCUT2D eigenvalue weighted by Gasteiger charge is 2.35. The second kappa shape index (κ2) is 7.35. The van der Waals surface area contributed by atoms with Crippen LogP contribution in [0, 0.1) is 5.92 Å². The standard InChI is InChI=1S/C12H26N4O3S/c1-10(2)15(3)20(18,19)16-8-4-5-11(9-16)12(17)14-7-6-13/h10-11H,4-9,13H2,1-3H3,(H,14,17). The molecule has 1 fully saturated rings. The zero-order chi connectivity index (χ0) is 15.3. The summed E-state index contributed by atoms with van der Waals surface area (Å²) in [5, 5.41) is 2.73. The topological polar surface area (TPSA) is 95.7 Å². The number of amides is 1. The summed E-state index contributed by atoms with van der Waals surface area (Å²) >= 11 is 0. The van der Waals surface area contributed by atoms with Gasteiger partial charge in [-0.2, -0.15) is 17.0 Å². The first-order valence-corrected chi connectivity index (χ1v) is 8.41. The zero-order valence-electron chi connectivity index (χ0n) is 12.5. The van der Waals surface area contributed by atoms with E-state index in [-0.39, 0.29) is 24.4 Å². The van der Waals surface area contributed by atoms with E-state index in [1.165, 1.54) is 8.61 Å². The molecule has 8 heteroatoms. The van der Waals surface area contributed by atoms with E-state index in [9.17, 15) is 13.2 Å². The highest BCUT2D eigenvalue weighted by molar-refractivity contribution is 7.86. The number of nitrogens with two attached hydrogens (primary N) is 1. The smallest absolute Gasteiger partial charge is 0.281 e. The van der Waals surface area contributed by atoms with Gasteiger partial charge in [0.2, 0.25) is 5.91 Å². The monoisotopic (exact) mass is 306 g/mol. The Morgan fingerprint density at radius 2 is 2.15 bits per heavy atom. The van der Waals surface area contributed by atoms with Crippen molar-refractivity contribution in [3.8, 4) is 0 Å². The molecular formula is C12H26N4O3S. The van der Waals surface area contributed by atoms with Gasteiger partial charge in [0.15, 0.2) is 0 Å². The second-order valence-corrected chi connectivity index (χ2v) is 7.38. The first-order chi connectivity index (χ1) is 9.30. The van der Waals surface area contributed by atoms with Gasteiger partial charge in [0.25, 0.3) is 10.2 Å². The third-order valence-electron chi connectivity index (χ3n) is 3.62. The summed E-state index contributed by atoms with van der Waals surface area (Å²) in [4.78, 5) is 11.9. The van der Waals surface area contributed by atoms with E-state index < -0.39 is 10.2 Å². The quantitative estimate of drug-likeness (QED) is 0.682. The number of carbonyl (C=O) groups excluding carboxylic acids is 1. The predicted molar refractivity (Wildman–Crippen MR) is 78.2 cm³/mol. The fraction of sp³-hybridized carbons (Fsp3) is 0.917. The number of hydrogen-bond acceptors (Lipinski definition) is 4. The lowest BCUT2D eigenvalue weighted by molar-refractivity contribution is -0.126. The van der Waals surface area contributed by atoms with Crippen molar-refractivity contribution >= 4 is 16.1 Å². The van der Waals surface area contributed by atoms with Crippen molar-refractivity contribution in [2.75, 3.05) is 33.2 Å². The van der Waals surface area contributed by atoms with Crippen molar-refractivity contribution in [3.63, 3.8) is 0 Å². The molecule has 0 aliphatic carbocycles. The number of hydrogen-bond donors (Lipinski definition) is 2. The SMILES string of the molecule is CC(C)N(C)S(=O)(=O)N1CCCC(C(=O)NCCN)C1. The van der Waals surface area contributed by atoms with Gasteiger partial charge in [0.05, 0.1) is 5.92 Å². The molecule has 0 aromatic rings. The van der Waals surface area contributed by atoms with Crippen LogP contribution in [0.25, 0.3) is 0 Å². The number of carbonyl (C=O) groups is 1. The molecule has 0 spiro atoms. The van der Waals surface area contributed by atoms with E-state index in [2.05, 4.69) is 5.32 Å².